The Kier molecular flexibility index (Phi) is 8.53. The second-order valence-electron chi connectivity index (χ2n) is 6.19. The first-order valence-electron chi connectivity index (χ1n) is 7.98. The Balaban J connectivity index is 2.16. The number of rotatable bonds is 10. The van der Waals surface area contributed by atoms with Crippen LogP contribution in [-0.2, 0) is 20.9 Å². The van der Waals surface area contributed by atoms with Crippen molar-refractivity contribution in [1.29, 1.82) is 0 Å². The zero-order valence-electron chi connectivity index (χ0n) is 14.0. The Morgan fingerprint density at radius 3 is 2.64 bits per heavy atom. The lowest BCUT2D eigenvalue weighted by atomic mass is 9.88. The maximum atomic E-state index is 11.2. The molecule has 0 heterocycles. The number of carbonyl (C=O) groups is 1. The third-order valence-corrected chi connectivity index (χ3v) is 3.37. The number of ether oxygens (including phenoxy) is 2. The van der Waals surface area contributed by atoms with Gasteiger partial charge in [0.2, 0.25) is 0 Å². The molecule has 0 spiro atoms. The van der Waals surface area contributed by atoms with E-state index < -0.39 is 0 Å². The topological polar surface area (TPSA) is 35.5 Å². The van der Waals surface area contributed by atoms with Crippen molar-refractivity contribution in [3.05, 3.63) is 48.0 Å². The maximum Gasteiger partial charge on any atom is 0.330 e. The summed E-state index contributed by atoms with van der Waals surface area (Å²) in [7, 11) is 0. The second-order valence-corrected chi connectivity index (χ2v) is 6.19. The molecule has 1 rings (SSSR count). The van der Waals surface area contributed by atoms with Crippen molar-refractivity contribution in [3.8, 4) is 0 Å². The molecule has 0 bridgehead atoms. The van der Waals surface area contributed by atoms with Crippen molar-refractivity contribution in [2.45, 2.75) is 46.6 Å². The Bertz CT molecular complexity index is 449. The Labute approximate surface area is 134 Å². The molecule has 0 unspecified atom stereocenters. The molecule has 0 amide bonds. The van der Waals surface area contributed by atoms with Crippen molar-refractivity contribution >= 4 is 5.97 Å². The predicted molar refractivity (Wildman–Crippen MR) is 89.5 cm³/mol. The molecule has 0 aromatic heterocycles. The van der Waals surface area contributed by atoms with Gasteiger partial charge in [-0.25, -0.2) is 4.79 Å². The third kappa shape index (κ3) is 8.63. The number of benzene rings is 1. The van der Waals surface area contributed by atoms with Crippen LogP contribution in [0.1, 0.15) is 45.6 Å². The molecule has 0 saturated carbocycles. The smallest absolute Gasteiger partial charge is 0.330 e. The van der Waals surface area contributed by atoms with Gasteiger partial charge in [-0.05, 0) is 37.2 Å². The summed E-state index contributed by atoms with van der Waals surface area (Å²) in [4.78, 5) is 11.2. The lowest BCUT2D eigenvalue weighted by Gasteiger charge is -2.24. The summed E-state index contributed by atoms with van der Waals surface area (Å²) in [6.07, 6.45) is 6.40. The van der Waals surface area contributed by atoms with Crippen LogP contribution in [0.5, 0.6) is 0 Å². The van der Waals surface area contributed by atoms with E-state index in [1.807, 2.05) is 31.2 Å². The van der Waals surface area contributed by atoms with Crippen molar-refractivity contribution in [1.82, 2.24) is 0 Å². The van der Waals surface area contributed by atoms with E-state index in [-0.39, 0.29) is 11.4 Å². The predicted octanol–water partition coefficient (Wildman–Crippen LogP) is 4.52. The largest absolute Gasteiger partial charge is 0.463 e. The van der Waals surface area contributed by atoms with Crippen LogP contribution in [0.3, 0.4) is 0 Å². The van der Waals surface area contributed by atoms with Crippen molar-refractivity contribution in [2.75, 3.05) is 13.2 Å². The summed E-state index contributed by atoms with van der Waals surface area (Å²) in [6, 6.07) is 10.2. The molecule has 0 N–H and O–H groups in total. The highest BCUT2D eigenvalue weighted by Crippen LogP contribution is 2.24. The van der Waals surface area contributed by atoms with Crippen LogP contribution >= 0.6 is 0 Å². The van der Waals surface area contributed by atoms with Crippen LogP contribution in [-0.4, -0.2) is 19.2 Å². The minimum Gasteiger partial charge on any atom is -0.463 e. The molecule has 22 heavy (non-hydrogen) atoms. The van der Waals surface area contributed by atoms with Gasteiger partial charge in [-0.3, -0.25) is 0 Å². The molecule has 122 valence electrons. The number of esters is 1. The molecular formula is C19H28O3. The fourth-order valence-corrected chi connectivity index (χ4v) is 2.16. The van der Waals surface area contributed by atoms with Crippen molar-refractivity contribution < 1.29 is 14.3 Å². The first-order chi connectivity index (χ1) is 10.5. The van der Waals surface area contributed by atoms with Crippen LogP contribution < -0.4 is 0 Å². The van der Waals surface area contributed by atoms with Crippen LogP contribution in [0.15, 0.2) is 42.5 Å². The summed E-state index contributed by atoms with van der Waals surface area (Å²) < 4.78 is 10.7. The normalized spacial score (nSPS) is 11.8. The third-order valence-electron chi connectivity index (χ3n) is 3.37. The van der Waals surface area contributed by atoms with Crippen LogP contribution in [0.4, 0.5) is 0 Å². The van der Waals surface area contributed by atoms with E-state index in [0.717, 1.165) is 25.9 Å². The van der Waals surface area contributed by atoms with Gasteiger partial charge in [0.1, 0.15) is 0 Å². The molecule has 0 radical (unpaired) electrons. The first-order valence-corrected chi connectivity index (χ1v) is 7.98. The average Bonchev–Trinajstić information content (AvgIpc) is 2.48. The molecule has 0 aliphatic carbocycles. The number of hydrogen-bond donors (Lipinski definition) is 0. The Morgan fingerprint density at radius 1 is 1.23 bits per heavy atom. The average molecular weight is 304 g/mol. The van der Waals surface area contributed by atoms with Crippen LogP contribution in [0.25, 0.3) is 0 Å². The zero-order valence-corrected chi connectivity index (χ0v) is 14.0. The van der Waals surface area contributed by atoms with Gasteiger partial charge in [0.15, 0.2) is 0 Å². The SMILES string of the molecule is CCOC(=O)C=CCCCC(C)(C)COCc1ccccc1. The summed E-state index contributed by atoms with van der Waals surface area (Å²) >= 11 is 0. The Morgan fingerprint density at radius 2 is 1.95 bits per heavy atom. The number of hydrogen-bond acceptors (Lipinski definition) is 3. The van der Waals surface area contributed by atoms with Gasteiger partial charge >= 0.3 is 5.97 Å². The first kappa shape index (κ1) is 18.4. The van der Waals surface area contributed by atoms with E-state index in [2.05, 4.69) is 26.0 Å². The number of unbranched alkanes of at least 4 members (excludes halogenated alkanes) is 1. The molecule has 1 aromatic carbocycles. The minimum absolute atomic E-state index is 0.145. The summed E-state index contributed by atoms with van der Waals surface area (Å²) in [5.74, 6) is -0.257. The van der Waals surface area contributed by atoms with Gasteiger partial charge in [0, 0.05) is 6.08 Å². The van der Waals surface area contributed by atoms with Crippen molar-refractivity contribution in [3.63, 3.8) is 0 Å². The highest BCUT2D eigenvalue weighted by Gasteiger charge is 2.17. The number of carbonyl (C=O) groups excluding carboxylic acids is 1. The lowest BCUT2D eigenvalue weighted by Crippen LogP contribution is -2.19. The lowest BCUT2D eigenvalue weighted by molar-refractivity contribution is -0.137. The van der Waals surface area contributed by atoms with E-state index in [1.165, 1.54) is 11.6 Å². The van der Waals surface area contributed by atoms with Crippen LogP contribution in [0.2, 0.25) is 0 Å². The standard InChI is InChI=1S/C19H28O3/c1-4-22-18(20)13-9-6-10-14-19(2,3)16-21-15-17-11-7-5-8-12-17/h5,7-9,11-13H,4,6,10,14-16H2,1-3H3. The van der Waals surface area contributed by atoms with Gasteiger partial charge in [0.25, 0.3) is 0 Å². The molecule has 0 aliphatic heterocycles. The summed E-state index contributed by atoms with van der Waals surface area (Å²) in [6.45, 7) is 8.06. The molecule has 0 atom stereocenters. The molecular weight excluding hydrogens is 276 g/mol. The fraction of sp³-hybridized carbons (Fsp3) is 0.526. The molecule has 3 heteroatoms. The van der Waals surface area contributed by atoms with Crippen molar-refractivity contribution in [2.24, 2.45) is 5.41 Å². The second kappa shape index (κ2) is 10.2. The van der Waals surface area contributed by atoms with Gasteiger partial charge in [-0.15, -0.1) is 0 Å². The maximum absolute atomic E-state index is 11.2. The highest BCUT2D eigenvalue weighted by molar-refractivity contribution is 5.81. The van der Waals surface area contributed by atoms with E-state index in [4.69, 9.17) is 9.47 Å². The van der Waals surface area contributed by atoms with E-state index >= 15 is 0 Å². The number of allylic oxidation sites excluding steroid dienone is 1. The van der Waals surface area contributed by atoms with Gasteiger partial charge in [-0.1, -0.05) is 50.3 Å². The summed E-state index contributed by atoms with van der Waals surface area (Å²) in [5.41, 5.74) is 1.35. The van der Waals surface area contributed by atoms with Crippen LogP contribution in [0, 0.1) is 5.41 Å². The van der Waals surface area contributed by atoms with E-state index in [0.29, 0.717) is 13.2 Å². The van der Waals surface area contributed by atoms with Gasteiger partial charge < -0.3 is 9.47 Å². The highest BCUT2D eigenvalue weighted by atomic mass is 16.5. The quantitative estimate of drug-likeness (QED) is 0.362. The molecule has 0 aliphatic rings. The monoisotopic (exact) mass is 304 g/mol. The Hall–Kier alpha value is -1.61. The zero-order chi connectivity index (χ0) is 16.3. The molecule has 3 nitrogen and oxygen atoms in total. The molecule has 1 aromatic rings. The fourth-order valence-electron chi connectivity index (χ4n) is 2.16. The molecule has 0 fully saturated rings. The molecule has 0 saturated heterocycles. The van der Waals surface area contributed by atoms with Gasteiger partial charge in [-0.2, -0.15) is 0 Å². The van der Waals surface area contributed by atoms with E-state index in [9.17, 15) is 4.79 Å². The van der Waals surface area contributed by atoms with E-state index in [1.54, 1.807) is 0 Å². The van der Waals surface area contributed by atoms with Gasteiger partial charge in [0.05, 0.1) is 19.8 Å². The summed E-state index contributed by atoms with van der Waals surface area (Å²) in [5, 5.41) is 0. The minimum atomic E-state index is -0.257.